The normalized spacial score (nSPS) is 18.2. The summed E-state index contributed by atoms with van der Waals surface area (Å²) >= 11 is 0. The van der Waals surface area contributed by atoms with Crippen molar-refractivity contribution >= 4 is 11.8 Å². The highest BCUT2D eigenvalue weighted by Gasteiger charge is 2.38. The lowest BCUT2D eigenvalue weighted by atomic mass is 9.85. The van der Waals surface area contributed by atoms with E-state index in [4.69, 9.17) is 14.2 Å². The van der Waals surface area contributed by atoms with Crippen molar-refractivity contribution in [2.75, 3.05) is 27.4 Å². The summed E-state index contributed by atoms with van der Waals surface area (Å²) in [7, 11) is 2.96. The van der Waals surface area contributed by atoms with E-state index in [1.807, 2.05) is 0 Å². The molecule has 0 aromatic heterocycles. The maximum absolute atomic E-state index is 13.7. The van der Waals surface area contributed by atoms with Crippen LogP contribution in [0.2, 0.25) is 0 Å². The molecule has 0 aliphatic carbocycles. The number of hydrogen-bond donors (Lipinski definition) is 3. The molecule has 1 saturated heterocycles. The first kappa shape index (κ1) is 25.3. The molecule has 2 atom stereocenters. The van der Waals surface area contributed by atoms with Gasteiger partial charge in [0.1, 0.15) is 24.2 Å². The monoisotopic (exact) mass is 474 g/mol. The molecule has 3 rings (SSSR count). The van der Waals surface area contributed by atoms with E-state index in [0.717, 1.165) is 5.56 Å². The van der Waals surface area contributed by atoms with Crippen molar-refractivity contribution in [1.29, 1.82) is 0 Å². The number of rotatable bonds is 12. The summed E-state index contributed by atoms with van der Waals surface area (Å²) in [4.78, 5) is 24.4. The molecule has 34 heavy (non-hydrogen) atoms. The lowest BCUT2D eigenvalue weighted by Crippen LogP contribution is -2.45. The minimum atomic E-state index is -0.887. The Bertz CT molecular complexity index is 1000. The number of halogens is 1. The Morgan fingerprint density at radius 3 is 2.71 bits per heavy atom. The van der Waals surface area contributed by atoms with Crippen LogP contribution in [0.5, 0.6) is 17.2 Å². The van der Waals surface area contributed by atoms with Crippen LogP contribution in [-0.4, -0.2) is 55.9 Å². The zero-order valence-electron chi connectivity index (χ0n) is 19.4. The van der Waals surface area contributed by atoms with Gasteiger partial charge in [-0.1, -0.05) is 12.1 Å². The van der Waals surface area contributed by atoms with Gasteiger partial charge in [0, 0.05) is 31.0 Å². The summed E-state index contributed by atoms with van der Waals surface area (Å²) in [5.41, 5.74) is 0.219. The molecule has 0 spiro atoms. The molecular weight excluding hydrogens is 443 g/mol. The van der Waals surface area contributed by atoms with E-state index in [1.165, 1.54) is 13.2 Å². The van der Waals surface area contributed by atoms with E-state index in [-0.39, 0.29) is 37.1 Å². The van der Waals surface area contributed by atoms with Crippen molar-refractivity contribution in [3.05, 3.63) is 53.8 Å². The maximum Gasteiger partial charge on any atom is 0.220 e. The Labute approximate surface area is 198 Å². The van der Waals surface area contributed by atoms with Crippen LogP contribution in [0, 0.1) is 5.82 Å². The predicted octanol–water partition coefficient (Wildman–Crippen LogP) is 2.37. The van der Waals surface area contributed by atoms with Crippen LogP contribution in [0.25, 0.3) is 0 Å². The lowest BCUT2D eigenvalue weighted by Gasteiger charge is -2.29. The number of benzene rings is 2. The van der Waals surface area contributed by atoms with Crippen molar-refractivity contribution in [2.24, 2.45) is 0 Å². The number of carbonyl (C=O) groups is 2. The van der Waals surface area contributed by atoms with E-state index in [9.17, 15) is 19.1 Å². The first-order valence-corrected chi connectivity index (χ1v) is 11.2. The van der Waals surface area contributed by atoms with Gasteiger partial charge < -0.3 is 30.0 Å². The quantitative estimate of drug-likeness (QED) is 0.436. The average Bonchev–Trinajstić information content (AvgIpc) is 3.21. The van der Waals surface area contributed by atoms with Gasteiger partial charge in [0.05, 0.1) is 14.2 Å². The van der Waals surface area contributed by atoms with Gasteiger partial charge in [0.25, 0.3) is 0 Å². The Kier molecular flexibility index (Phi) is 8.70. The van der Waals surface area contributed by atoms with E-state index >= 15 is 0 Å². The summed E-state index contributed by atoms with van der Waals surface area (Å²) in [6.45, 7) is 0.0527. The highest BCUT2D eigenvalue weighted by atomic mass is 19.1. The highest BCUT2D eigenvalue weighted by molar-refractivity contribution is 5.80. The molecule has 2 amide bonds. The molecule has 1 fully saturated rings. The minimum absolute atomic E-state index is 0.0137. The fraction of sp³-hybridized carbons (Fsp3) is 0.440. The maximum atomic E-state index is 13.7. The van der Waals surface area contributed by atoms with Crippen LogP contribution < -0.4 is 24.8 Å². The van der Waals surface area contributed by atoms with Gasteiger partial charge in [0.15, 0.2) is 11.6 Å². The van der Waals surface area contributed by atoms with Crippen molar-refractivity contribution in [2.45, 2.75) is 43.7 Å². The molecule has 0 radical (unpaired) electrons. The second-order valence-electron chi connectivity index (χ2n) is 8.42. The first-order chi connectivity index (χ1) is 16.3. The number of methoxy groups -OCH3 is 2. The number of nitrogens with one attached hydrogen (secondary N) is 2. The van der Waals surface area contributed by atoms with E-state index in [0.29, 0.717) is 37.2 Å². The molecule has 1 heterocycles. The number of aliphatic hydroxyl groups is 1. The number of aliphatic hydroxyl groups excluding tert-OH is 1. The molecule has 0 bridgehead atoms. The Morgan fingerprint density at radius 2 is 2.00 bits per heavy atom. The van der Waals surface area contributed by atoms with Gasteiger partial charge in [-0.2, -0.15) is 0 Å². The zero-order chi connectivity index (χ0) is 24.6. The van der Waals surface area contributed by atoms with Crippen molar-refractivity contribution < 1.29 is 33.3 Å². The Morgan fingerprint density at radius 1 is 1.21 bits per heavy atom. The van der Waals surface area contributed by atoms with Crippen molar-refractivity contribution in [3.63, 3.8) is 0 Å². The second-order valence-corrected chi connectivity index (χ2v) is 8.42. The summed E-state index contributed by atoms with van der Waals surface area (Å²) in [6, 6.07) is 11.6. The molecule has 9 heteroatoms. The molecule has 8 nitrogen and oxygen atoms in total. The van der Waals surface area contributed by atoms with Crippen molar-refractivity contribution in [3.8, 4) is 17.2 Å². The molecule has 2 aromatic rings. The van der Waals surface area contributed by atoms with Gasteiger partial charge in [-0.15, -0.1) is 0 Å². The third kappa shape index (κ3) is 7.08. The topological polar surface area (TPSA) is 106 Å². The molecule has 0 saturated carbocycles. The molecule has 2 aromatic carbocycles. The SMILES string of the molecule is COc1cccc(OC[C@H](O)CNC(=O)CC[C@]2(Cc3ccc(F)c(OC)c3)CCC(=O)N2)c1. The molecule has 184 valence electrons. The first-order valence-electron chi connectivity index (χ1n) is 11.2. The number of carbonyl (C=O) groups excluding carboxylic acids is 2. The van der Waals surface area contributed by atoms with Crippen LogP contribution in [0.4, 0.5) is 4.39 Å². The molecule has 0 unspecified atom stereocenters. The fourth-order valence-corrected chi connectivity index (χ4v) is 4.00. The third-order valence-corrected chi connectivity index (χ3v) is 5.84. The molecule has 1 aliphatic heterocycles. The highest BCUT2D eigenvalue weighted by Crippen LogP contribution is 2.31. The van der Waals surface area contributed by atoms with E-state index in [1.54, 1.807) is 43.5 Å². The zero-order valence-corrected chi connectivity index (χ0v) is 19.4. The summed E-state index contributed by atoms with van der Waals surface area (Å²) < 4.78 is 29.5. The molecule has 1 aliphatic rings. The van der Waals surface area contributed by atoms with Gasteiger partial charge in [0.2, 0.25) is 11.8 Å². The van der Waals surface area contributed by atoms with Gasteiger partial charge in [-0.3, -0.25) is 9.59 Å². The Hall–Kier alpha value is -3.33. The predicted molar refractivity (Wildman–Crippen MR) is 124 cm³/mol. The Balaban J connectivity index is 1.48. The largest absolute Gasteiger partial charge is 0.497 e. The van der Waals surface area contributed by atoms with Gasteiger partial charge >= 0.3 is 0 Å². The number of hydrogen-bond acceptors (Lipinski definition) is 6. The van der Waals surface area contributed by atoms with Crippen molar-refractivity contribution in [1.82, 2.24) is 10.6 Å². The van der Waals surface area contributed by atoms with E-state index in [2.05, 4.69) is 10.6 Å². The fourth-order valence-electron chi connectivity index (χ4n) is 4.00. The van der Waals surface area contributed by atoms with Gasteiger partial charge in [-0.05, 0) is 49.1 Å². The number of amides is 2. The van der Waals surface area contributed by atoms with E-state index < -0.39 is 17.5 Å². The second kappa shape index (κ2) is 11.7. The third-order valence-electron chi connectivity index (χ3n) is 5.84. The summed E-state index contributed by atoms with van der Waals surface area (Å²) in [6.07, 6.45) is 1.11. The van der Waals surface area contributed by atoms with Crippen LogP contribution >= 0.6 is 0 Å². The number of ether oxygens (including phenoxy) is 3. The molecule has 3 N–H and O–H groups in total. The van der Waals surface area contributed by atoms with Crippen LogP contribution in [0.15, 0.2) is 42.5 Å². The molecular formula is C25H31FN2O6. The van der Waals surface area contributed by atoms with Gasteiger partial charge in [-0.25, -0.2) is 4.39 Å². The average molecular weight is 475 g/mol. The lowest BCUT2D eigenvalue weighted by molar-refractivity contribution is -0.123. The van der Waals surface area contributed by atoms with Crippen LogP contribution in [0.1, 0.15) is 31.2 Å². The standard InChI is InChI=1S/C25H31FN2O6/c1-32-19-4-3-5-20(13-19)34-16-18(29)15-27-23(30)8-10-25(11-9-24(31)28-25)14-17-6-7-21(26)22(12-17)33-2/h3-7,12-13,18,29H,8-11,14-16H2,1-2H3,(H,27,30)(H,28,31)/t18-,25-/m1/s1. The van der Waals surface area contributed by atoms with Crippen LogP contribution in [-0.2, 0) is 16.0 Å². The minimum Gasteiger partial charge on any atom is -0.497 e. The summed E-state index contributed by atoms with van der Waals surface area (Å²) in [5, 5.41) is 15.9. The smallest absolute Gasteiger partial charge is 0.220 e. The van der Waals surface area contributed by atoms with Crippen LogP contribution in [0.3, 0.4) is 0 Å². The summed E-state index contributed by atoms with van der Waals surface area (Å²) in [5.74, 6) is 0.578.